The van der Waals surface area contributed by atoms with E-state index < -0.39 is 0 Å². The van der Waals surface area contributed by atoms with Gasteiger partial charge in [-0.2, -0.15) is 47.0 Å². The van der Waals surface area contributed by atoms with Crippen LogP contribution in [0, 0.1) is 0 Å². The van der Waals surface area contributed by atoms with E-state index in [2.05, 4.69) is 74.7 Å². The molecular weight excluding hydrogens is 959 g/mol. The highest BCUT2D eigenvalue weighted by atomic mass is 32.2. The summed E-state index contributed by atoms with van der Waals surface area (Å²) in [7, 11) is 0. The Kier molecular flexibility index (Phi) is 68.9. The summed E-state index contributed by atoms with van der Waals surface area (Å²) < 4.78 is 1.44. The Bertz CT molecular complexity index is 797. The first-order valence-electron chi connectivity index (χ1n) is 34.4. The van der Waals surface area contributed by atoms with Gasteiger partial charge in [0.15, 0.2) is 0 Å². The number of unbranched alkanes of at least 4 members (excludes halogenated alkanes) is 44. The molecule has 0 radical (unpaired) electrons. The van der Waals surface area contributed by atoms with Gasteiger partial charge < -0.3 is 4.48 Å². The molecule has 0 amide bonds. The molecular formula is C68H140NS4+. The van der Waals surface area contributed by atoms with Gasteiger partial charge in [0.2, 0.25) is 0 Å². The Balaban J connectivity index is 4.96. The van der Waals surface area contributed by atoms with Crippen LogP contribution in [0.15, 0.2) is 0 Å². The summed E-state index contributed by atoms with van der Waals surface area (Å²) in [4.78, 5) is 0. The molecule has 0 aliphatic heterocycles. The first-order valence-corrected chi connectivity index (χ1v) is 39.0. The van der Waals surface area contributed by atoms with Crippen LogP contribution in [0.5, 0.6) is 0 Å². The van der Waals surface area contributed by atoms with Gasteiger partial charge in [0.25, 0.3) is 0 Å². The van der Waals surface area contributed by atoms with Gasteiger partial charge in [0.1, 0.15) is 0 Å². The third-order valence-corrected chi connectivity index (χ3v) is 20.9. The monoisotopic (exact) mass is 1100 g/mol. The second kappa shape index (κ2) is 67.6. The summed E-state index contributed by atoms with van der Waals surface area (Å²) in [6.45, 7) is 15.1. The molecule has 0 heterocycles. The quantitative estimate of drug-likeness (QED) is 0.0439. The number of rotatable bonds is 68. The van der Waals surface area contributed by atoms with Crippen molar-refractivity contribution >= 4 is 47.0 Å². The third-order valence-electron chi connectivity index (χ3n) is 16.3. The van der Waals surface area contributed by atoms with Crippen LogP contribution < -0.4 is 0 Å². The fourth-order valence-electron chi connectivity index (χ4n) is 11.3. The molecule has 0 atom stereocenters. The second-order valence-electron chi connectivity index (χ2n) is 23.7. The molecule has 0 fully saturated rings. The standard InChI is InChI=1S/C68H140NS4/c1-5-9-13-17-21-25-29-33-37-41-45-49-61-70-65-53-57-69(58-54-66-71-62-50-46-42-38-34-30-26-22-18-14-10-6-2,59-55-67-72-63-51-47-43-39-35-31-27-23-19-15-11-7-3)60-56-68-73-64-52-48-44-40-36-32-28-24-20-16-12-8-4/h5-68H2,1-4H3/q+1. The van der Waals surface area contributed by atoms with E-state index in [1.165, 1.54) is 411 Å². The van der Waals surface area contributed by atoms with Crippen LogP contribution >= 0.6 is 47.0 Å². The van der Waals surface area contributed by atoms with Gasteiger partial charge in [0, 0.05) is 25.7 Å². The normalized spacial score (nSPS) is 12.0. The van der Waals surface area contributed by atoms with E-state index in [1.54, 1.807) is 0 Å². The average Bonchev–Trinajstić information content (AvgIpc) is 3.40. The van der Waals surface area contributed by atoms with Gasteiger partial charge >= 0.3 is 0 Å². The van der Waals surface area contributed by atoms with Gasteiger partial charge in [-0.15, -0.1) is 0 Å². The highest BCUT2D eigenvalue weighted by Gasteiger charge is 2.26. The Morgan fingerprint density at radius 3 is 0.425 bits per heavy atom. The minimum atomic E-state index is 1.37. The summed E-state index contributed by atoms with van der Waals surface area (Å²) in [6, 6.07) is 0. The van der Waals surface area contributed by atoms with Crippen LogP contribution in [0.2, 0.25) is 0 Å². The van der Waals surface area contributed by atoms with Crippen molar-refractivity contribution in [1.82, 2.24) is 0 Å². The van der Waals surface area contributed by atoms with Crippen molar-refractivity contribution in [3.05, 3.63) is 0 Å². The van der Waals surface area contributed by atoms with E-state index in [9.17, 15) is 0 Å². The maximum atomic E-state index is 2.33. The predicted octanol–water partition coefficient (Wildman–Crippen LogP) is 25.1. The molecule has 0 spiro atoms. The molecule has 440 valence electrons. The molecule has 0 aliphatic carbocycles. The summed E-state index contributed by atoms with van der Waals surface area (Å²) in [5, 5.41) is 0. The fraction of sp³-hybridized carbons (Fsp3) is 1.00. The maximum Gasteiger partial charge on any atom is 0.0794 e. The van der Waals surface area contributed by atoms with E-state index in [0.717, 1.165) is 0 Å². The molecule has 0 saturated carbocycles. The lowest BCUT2D eigenvalue weighted by Crippen LogP contribution is -2.51. The largest absolute Gasteiger partial charge is 0.324 e. The predicted molar refractivity (Wildman–Crippen MR) is 352 cm³/mol. The average molecular weight is 1100 g/mol. The summed E-state index contributed by atoms with van der Waals surface area (Å²) in [5.74, 6) is 11.2. The first kappa shape index (κ1) is 74.4. The molecule has 0 N–H and O–H groups in total. The Labute approximate surface area is 482 Å². The molecule has 0 rings (SSSR count). The minimum absolute atomic E-state index is 1.37. The highest BCUT2D eigenvalue weighted by molar-refractivity contribution is 7.99. The number of nitrogens with zero attached hydrogens (tertiary/aromatic N) is 1. The molecule has 0 aromatic rings. The molecule has 73 heavy (non-hydrogen) atoms. The van der Waals surface area contributed by atoms with Crippen LogP contribution in [0.1, 0.15) is 362 Å². The van der Waals surface area contributed by atoms with E-state index in [0.29, 0.717) is 0 Å². The van der Waals surface area contributed by atoms with E-state index in [1.807, 2.05) is 0 Å². The lowest BCUT2D eigenvalue weighted by atomic mass is 10.1. The van der Waals surface area contributed by atoms with Crippen molar-refractivity contribution in [2.75, 3.05) is 72.2 Å². The maximum absolute atomic E-state index is 2.33. The second-order valence-corrected chi connectivity index (χ2v) is 28.6. The Morgan fingerprint density at radius 1 is 0.151 bits per heavy atom. The SMILES string of the molecule is CCCCCCCCCCCCCCSCCC[N+](CCCSCCCCCCCCCCCCCC)(CCCSCCCCCCCCCCCCCC)CCCSCCCCCCCCCCCCCC. The van der Waals surface area contributed by atoms with Gasteiger partial charge in [-0.05, 0) is 71.7 Å². The first-order chi connectivity index (χ1) is 36.2. The molecule has 0 aromatic heterocycles. The summed E-state index contributed by atoms with van der Waals surface area (Å²) in [6.07, 6.45) is 75.9. The smallest absolute Gasteiger partial charge is 0.0794 e. The fourth-order valence-corrected chi connectivity index (χ4v) is 15.0. The van der Waals surface area contributed by atoms with Crippen molar-refractivity contribution in [1.29, 1.82) is 0 Å². The highest BCUT2D eigenvalue weighted by Crippen LogP contribution is 2.23. The van der Waals surface area contributed by atoms with Crippen LogP contribution in [0.3, 0.4) is 0 Å². The topological polar surface area (TPSA) is 0 Å². The molecule has 0 aliphatic rings. The zero-order chi connectivity index (χ0) is 52.6. The number of thioether (sulfide) groups is 4. The lowest BCUT2D eigenvalue weighted by Gasteiger charge is -2.39. The van der Waals surface area contributed by atoms with Crippen LogP contribution in [0.4, 0.5) is 0 Å². The van der Waals surface area contributed by atoms with E-state index >= 15 is 0 Å². The number of hydrogen-bond acceptors (Lipinski definition) is 4. The van der Waals surface area contributed by atoms with Crippen molar-refractivity contribution in [3.63, 3.8) is 0 Å². The van der Waals surface area contributed by atoms with Crippen LogP contribution in [0.25, 0.3) is 0 Å². The third kappa shape index (κ3) is 62.4. The number of quaternary nitrogens is 1. The van der Waals surface area contributed by atoms with Crippen molar-refractivity contribution in [2.24, 2.45) is 0 Å². The van der Waals surface area contributed by atoms with Gasteiger partial charge in [-0.1, -0.05) is 310 Å². The minimum Gasteiger partial charge on any atom is -0.324 e. The molecule has 1 nitrogen and oxygen atoms in total. The van der Waals surface area contributed by atoms with E-state index in [4.69, 9.17) is 0 Å². The van der Waals surface area contributed by atoms with Crippen LogP contribution in [-0.2, 0) is 0 Å². The lowest BCUT2D eigenvalue weighted by molar-refractivity contribution is -0.928. The molecule has 5 heteroatoms. The van der Waals surface area contributed by atoms with Crippen LogP contribution in [-0.4, -0.2) is 76.7 Å². The van der Waals surface area contributed by atoms with Crippen molar-refractivity contribution < 1.29 is 4.48 Å². The zero-order valence-corrected chi connectivity index (χ0v) is 54.6. The molecule has 0 bridgehead atoms. The zero-order valence-electron chi connectivity index (χ0n) is 51.3. The number of hydrogen-bond donors (Lipinski definition) is 0. The van der Waals surface area contributed by atoms with Gasteiger partial charge in [-0.3, -0.25) is 0 Å². The molecule has 0 unspecified atom stereocenters. The van der Waals surface area contributed by atoms with Crippen molar-refractivity contribution in [3.8, 4) is 0 Å². The van der Waals surface area contributed by atoms with Gasteiger partial charge in [0.05, 0.1) is 26.2 Å². The molecule has 0 saturated heterocycles. The van der Waals surface area contributed by atoms with Crippen molar-refractivity contribution in [2.45, 2.75) is 362 Å². The Morgan fingerprint density at radius 2 is 0.274 bits per heavy atom. The Hall–Kier alpha value is 1.36. The van der Waals surface area contributed by atoms with E-state index in [-0.39, 0.29) is 0 Å². The van der Waals surface area contributed by atoms with Gasteiger partial charge in [-0.25, -0.2) is 0 Å². The summed E-state index contributed by atoms with van der Waals surface area (Å²) >= 11 is 9.21. The summed E-state index contributed by atoms with van der Waals surface area (Å²) in [5.41, 5.74) is 0. The molecule has 0 aromatic carbocycles.